The molecule has 0 N–H and O–H groups in total. The molecule has 0 aliphatic carbocycles. The van der Waals surface area contributed by atoms with Crippen molar-refractivity contribution in [1.29, 1.82) is 0 Å². The predicted molar refractivity (Wildman–Crippen MR) is 208 cm³/mol. The van der Waals surface area contributed by atoms with E-state index in [1.807, 2.05) is 0 Å². The Balaban J connectivity index is 1.34. The van der Waals surface area contributed by atoms with Crippen molar-refractivity contribution in [3.63, 3.8) is 0 Å². The van der Waals surface area contributed by atoms with Gasteiger partial charge in [0.05, 0.1) is 0 Å². The summed E-state index contributed by atoms with van der Waals surface area (Å²) in [5.41, 5.74) is 7.54. The Morgan fingerprint density at radius 2 is 0.542 bits per heavy atom. The summed E-state index contributed by atoms with van der Waals surface area (Å²) in [6.45, 7) is 0. The lowest BCUT2D eigenvalue weighted by molar-refractivity contribution is 1.63. The highest BCUT2D eigenvalue weighted by atomic mass is 14.2. The van der Waals surface area contributed by atoms with E-state index in [0.717, 1.165) is 0 Å². The lowest BCUT2D eigenvalue weighted by Gasteiger charge is -2.19. The molecular weight excluding hydrogens is 577 g/mol. The summed E-state index contributed by atoms with van der Waals surface area (Å²) in [6.07, 6.45) is 0. The summed E-state index contributed by atoms with van der Waals surface area (Å²) in [5.74, 6) is 0. The molecule has 0 unspecified atom stereocenters. The first-order valence-corrected chi connectivity index (χ1v) is 16.7. The average Bonchev–Trinajstić information content (AvgIpc) is 3.17. The van der Waals surface area contributed by atoms with Gasteiger partial charge in [0.2, 0.25) is 0 Å². The molecule has 0 aliphatic heterocycles. The van der Waals surface area contributed by atoms with Crippen molar-refractivity contribution in [1.82, 2.24) is 0 Å². The molecular formula is C48H30. The molecule has 0 heteroatoms. The van der Waals surface area contributed by atoms with Crippen LogP contribution in [0, 0.1) is 0 Å². The topological polar surface area (TPSA) is 0 Å². The molecule has 0 aliphatic rings. The summed E-state index contributed by atoms with van der Waals surface area (Å²) >= 11 is 0. The van der Waals surface area contributed by atoms with Crippen LogP contribution in [-0.4, -0.2) is 0 Å². The largest absolute Gasteiger partial charge is 0.0622 e. The van der Waals surface area contributed by atoms with Gasteiger partial charge >= 0.3 is 0 Å². The second kappa shape index (κ2) is 10.7. The Bertz CT molecular complexity index is 2880. The molecule has 0 bridgehead atoms. The molecule has 48 heavy (non-hydrogen) atoms. The molecule has 10 rings (SSSR count). The normalized spacial score (nSPS) is 11.8. The Morgan fingerprint density at radius 3 is 1.10 bits per heavy atom. The van der Waals surface area contributed by atoms with E-state index in [-0.39, 0.29) is 0 Å². The average molecular weight is 607 g/mol. The minimum Gasteiger partial charge on any atom is -0.0622 e. The second-order valence-electron chi connectivity index (χ2n) is 12.8. The molecule has 10 aromatic rings. The van der Waals surface area contributed by atoms with Gasteiger partial charge in [-0.05, 0) is 128 Å². The maximum atomic E-state index is 2.46. The first kappa shape index (κ1) is 26.9. The minimum absolute atomic E-state index is 1.23. The zero-order valence-corrected chi connectivity index (χ0v) is 26.3. The Morgan fingerprint density at radius 1 is 0.188 bits per heavy atom. The minimum atomic E-state index is 1.23. The molecule has 0 heterocycles. The van der Waals surface area contributed by atoms with Crippen molar-refractivity contribution >= 4 is 64.6 Å². The van der Waals surface area contributed by atoms with Crippen LogP contribution >= 0.6 is 0 Å². The standard InChI is InChI=1S/C48H30/c1-2-14-31(15-3-1)42-26-32-16-4-5-17-33(32)27-44(42)46-30-48-40-24-12-10-22-38(40)45(29-47(48)41-25-13-11-23-39(41)46)43-28-34-18-6-7-19-35(34)36-20-8-9-21-37(36)43/h1-30H. The highest BCUT2D eigenvalue weighted by Gasteiger charge is 2.18. The number of rotatable bonds is 3. The van der Waals surface area contributed by atoms with E-state index in [1.165, 1.54) is 98.0 Å². The lowest BCUT2D eigenvalue weighted by Crippen LogP contribution is -1.92. The van der Waals surface area contributed by atoms with E-state index in [9.17, 15) is 0 Å². The Labute approximate surface area is 279 Å². The molecule has 222 valence electrons. The molecule has 0 aromatic heterocycles. The highest BCUT2D eigenvalue weighted by molar-refractivity contribution is 6.26. The monoisotopic (exact) mass is 606 g/mol. The van der Waals surface area contributed by atoms with Gasteiger partial charge in [0.1, 0.15) is 0 Å². The summed E-state index contributed by atoms with van der Waals surface area (Å²) in [5, 5.41) is 15.3. The van der Waals surface area contributed by atoms with Crippen molar-refractivity contribution < 1.29 is 0 Å². The fraction of sp³-hybridized carbons (Fsp3) is 0. The first-order chi connectivity index (χ1) is 23.8. The van der Waals surface area contributed by atoms with E-state index in [2.05, 4.69) is 182 Å². The van der Waals surface area contributed by atoms with E-state index >= 15 is 0 Å². The van der Waals surface area contributed by atoms with Gasteiger partial charge in [-0.2, -0.15) is 0 Å². The molecule has 10 aromatic carbocycles. The van der Waals surface area contributed by atoms with Gasteiger partial charge in [-0.15, -0.1) is 0 Å². The van der Waals surface area contributed by atoms with Crippen LogP contribution in [0.15, 0.2) is 182 Å². The Hall–Kier alpha value is -6.24. The third-order valence-electron chi connectivity index (χ3n) is 10.2. The first-order valence-electron chi connectivity index (χ1n) is 16.7. The summed E-state index contributed by atoms with van der Waals surface area (Å²) in [6, 6.07) is 67.2. The van der Waals surface area contributed by atoms with Crippen LogP contribution in [-0.2, 0) is 0 Å². The van der Waals surface area contributed by atoms with Gasteiger partial charge in [0, 0.05) is 0 Å². The molecule has 0 fully saturated rings. The van der Waals surface area contributed by atoms with Gasteiger partial charge in [-0.1, -0.05) is 152 Å². The van der Waals surface area contributed by atoms with Gasteiger partial charge in [0.15, 0.2) is 0 Å². The molecule has 0 amide bonds. The molecule has 0 atom stereocenters. The van der Waals surface area contributed by atoms with Gasteiger partial charge in [0.25, 0.3) is 0 Å². The smallest absolute Gasteiger partial charge is 0.00923 e. The maximum Gasteiger partial charge on any atom is -0.00923 e. The molecule has 0 radical (unpaired) electrons. The maximum absolute atomic E-state index is 2.46. The van der Waals surface area contributed by atoms with Crippen molar-refractivity contribution in [3.8, 4) is 33.4 Å². The quantitative estimate of drug-likeness (QED) is 0.176. The van der Waals surface area contributed by atoms with Crippen molar-refractivity contribution in [2.24, 2.45) is 0 Å². The van der Waals surface area contributed by atoms with E-state index in [4.69, 9.17) is 0 Å². The van der Waals surface area contributed by atoms with Gasteiger partial charge < -0.3 is 0 Å². The third-order valence-corrected chi connectivity index (χ3v) is 10.2. The fourth-order valence-corrected chi connectivity index (χ4v) is 7.99. The SMILES string of the molecule is c1ccc(-c2cc3ccccc3cc2-c2cc3c4ccccc4c(-c4cc5ccccc5c5ccccc45)cc3c3ccccc23)cc1. The van der Waals surface area contributed by atoms with Crippen LogP contribution in [0.25, 0.3) is 98.0 Å². The number of benzene rings is 10. The van der Waals surface area contributed by atoms with Crippen LogP contribution in [0.3, 0.4) is 0 Å². The summed E-state index contributed by atoms with van der Waals surface area (Å²) in [4.78, 5) is 0. The lowest BCUT2D eigenvalue weighted by atomic mass is 9.84. The van der Waals surface area contributed by atoms with E-state index in [1.54, 1.807) is 0 Å². The van der Waals surface area contributed by atoms with Crippen molar-refractivity contribution in [2.45, 2.75) is 0 Å². The second-order valence-corrected chi connectivity index (χ2v) is 12.8. The van der Waals surface area contributed by atoms with Crippen molar-refractivity contribution in [2.75, 3.05) is 0 Å². The van der Waals surface area contributed by atoms with Crippen molar-refractivity contribution in [3.05, 3.63) is 182 Å². The molecule has 0 spiro atoms. The molecule has 0 saturated heterocycles. The zero-order valence-electron chi connectivity index (χ0n) is 26.3. The summed E-state index contributed by atoms with van der Waals surface area (Å²) < 4.78 is 0. The summed E-state index contributed by atoms with van der Waals surface area (Å²) in [7, 11) is 0. The van der Waals surface area contributed by atoms with Crippen LogP contribution < -0.4 is 0 Å². The number of hydrogen-bond acceptors (Lipinski definition) is 0. The van der Waals surface area contributed by atoms with Crippen LogP contribution in [0.4, 0.5) is 0 Å². The Kier molecular flexibility index (Phi) is 5.98. The molecule has 0 saturated carbocycles. The van der Waals surface area contributed by atoms with Crippen LogP contribution in [0.5, 0.6) is 0 Å². The number of hydrogen-bond donors (Lipinski definition) is 0. The van der Waals surface area contributed by atoms with Gasteiger partial charge in [-0.25, -0.2) is 0 Å². The van der Waals surface area contributed by atoms with E-state index < -0.39 is 0 Å². The van der Waals surface area contributed by atoms with Gasteiger partial charge in [-0.3, -0.25) is 0 Å². The van der Waals surface area contributed by atoms with E-state index in [0.29, 0.717) is 0 Å². The zero-order chi connectivity index (χ0) is 31.6. The molecule has 0 nitrogen and oxygen atoms in total. The van der Waals surface area contributed by atoms with Crippen LogP contribution in [0.1, 0.15) is 0 Å². The predicted octanol–water partition coefficient (Wildman–Crippen LogP) is 13.6. The number of fused-ring (bicyclic) bond motifs is 9. The highest BCUT2D eigenvalue weighted by Crippen LogP contribution is 2.46. The third kappa shape index (κ3) is 4.10. The fourth-order valence-electron chi connectivity index (χ4n) is 7.99. The van der Waals surface area contributed by atoms with Crippen LogP contribution in [0.2, 0.25) is 0 Å².